The second-order valence-corrected chi connectivity index (χ2v) is 7.68. The molecule has 1 saturated heterocycles. The second-order valence-electron chi connectivity index (χ2n) is 7.68. The van der Waals surface area contributed by atoms with Crippen LogP contribution >= 0.6 is 24.0 Å². The molecule has 1 heterocycles. The molecule has 0 spiro atoms. The van der Waals surface area contributed by atoms with E-state index in [9.17, 15) is 0 Å². The Morgan fingerprint density at radius 3 is 2.00 bits per heavy atom. The van der Waals surface area contributed by atoms with E-state index in [1.54, 1.807) is 21.3 Å². The van der Waals surface area contributed by atoms with Gasteiger partial charge in [-0.05, 0) is 30.2 Å². The zero-order valence-corrected chi connectivity index (χ0v) is 22.0. The van der Waals surface area contributed by atoms with Gasteiger partial charge in [-0.25, -0.2) is 0 Å². The molecule has 0 saturated carbocycles. The average Bonchev–Trinajstić information content (AvgIpc) is 2.80. The van der Waals surface area contributed by atoms with Gasteiger partial charge in [0.25, 0.3) is 0 Å². The molecule has 1 aliphatic rings. The summed E-state index contributed by atoms with van der Waals surface area (Å²) < 4.78 is 16.4. The molecule has 0 aromatic heterocycles. The summed E-state index contributed by atoms with van der Waals surface area (Å²) in [6.07, 6.45) is 0. The lowest BCUT2D eigenvalue weighted by atomic mass is 10.1. The van der Waals surface area contributed by atoms with E-state index < -0.39 is 0 Å². The predicted molar refractivity (Wildman–Crippen MR) is 140 cm³/mol. The topological polar surface area (TPSA) is 58.6 Å². The smallest absolute Gasteiger partial charge is 0.203 e. The lowest BCUT2D eigenvalue weighted by Gasteiger charge is -2.36. The van der Waals surface area contributed by atoms with Gasteiger partial charge in [0.15, 0.2) is 17.5 Å². The Morgan fingerprint density at radius 2 is 1.50 bits per heavy atom. The maximum atomic E-state index is 5.49. The Kier molecular flexibility index (Phi) is 10.4. The molecule has 0 amide bonds. The van der Waals surface area contributed by atoms with Crippen LogP contribution in [0.5, 0.6) is 17.2 Å². The van der Waals surface area contributed by atoms with Crippen LogP contribution in [0.4, 0.5) is 0 Å². The van der Waals surface area contributed by atoms with E-state index in [2.05, 4.69) is 51.3 Å². The van der Waals surface area contributed by atoms with Crippen LogP contribution in [0.15, 0.2) is 41.4 Å². The van der Waals surface area contributed by atoms with E-state index in [1.165, 1.54) is 11.1 Å². The molecule has 0 unspecified atom stereocenters. The minimum atomic E-state index is 0. The molecule has 7 nitrogen and oxygen atoms in total. The third kappa shape index (κ3) is 6.65. The molecular weight excluding hydrogens is 519 g/mol. The molecule has 0 aliphatic carbocycles. The summed E-state index contributed by atoms with van der Waals surface area (Å²) in [5.41, 5.74) is 3.67. The number of ether oxygens (including phenoxy) is 3. The number of guanidine groups is 1. The van der Waals surface area contributed by atoms with Crippen molar-refractivity contribution in [1.29, 1.82) is 0 Å². The van der Waals surface area contributed by atoms with Gasteiger partial charge in [0.1, 0.15) is 0 Å². The van der Waals surface area contributed by atoms with Crippen LogP contribution in [0.3, 0.4) is 0 Å². The molecule has 176 valence electrons. The fourth-order valence-electron chi connectivity index (χ4n) is 3.82. The van der Waals surface area contributed by atoms with E-state index in [-0.39, 0.29) is 24.0 Å². The van der Waals surface area contributed by atoms with Gasteiger partial charge >= 0.3 is 0 Å². The van der Waals surface area contributed by atoms with Crippen LogP contribution in [0.2, 0.25) is 0 Å². The number of methoxy groups -OCH3 is 3. The molecule has 1 N–H and O–H groups in total. The highest BCUT2D eigenvalue weighted by atomic mass is 127. The van der Waals surface area contributed by atoms with Gasteiger partial charge in [0, 0.05) is 46.3 Å². The molecule has 0 radical (unpaired) electrons. The highest BCUT2D eigenvalue weighted by Gasteiger charge is 2.21. The van der Waals surface area contributed by atoms with Gasteiger partial charge in [-0.2, -0.15) is 0 Å². The van der Waals surface area contributed by atoms with Crippen molar-refractivity contribution in [2.45, 2.75) is 20.0 Å². The molecule has 2 aromatic carbocycles. The van der Waals surface area contributed by atoms with Crippen LogP contribution < -0.4 is 19.5 Å². The van der Waals surface area contributed by atoms with Crippen LogP contribution in [0.25, 0.3) is 0 Å². The van der Waals surface area contributed by atoms with E-state index in [4.69, 9.17) is 14.2 Å². The molecule has 0 bridgehead atoms. The summed E-state index contributed by atoms with van der Waals surface area (Å²) in [5, 5.41) is 3.49. The van der Waals surface area contributed by atoms with E-state index in [0.717, 1.165) is 50.8 Å². The fraction of sp³-hybridized carbons (Fsp3) is 0.458. The van der Waals surface area contributed by atoms with Crippen LogP contribution in [0.1, 0.15) is 16.7 Å². The minimum absolute atomic E-state index is 0. The monoisotopic (exact) mass is 554 g/mol. The molecule has 8 heteroatoms. The lowest BCUT2D eigenvalue weighted by Crippen LogP contribution is -2.52. The maximum absolute atomic E-state index is 5.49. The van der Waals surface area contributed by atoms with Crippen molar-refractivity contribution in [2.75, 3.05) is 54.6 Å². The average molecular weight is 554 g/mol. The first kappa shape index (κ1) is 26.1. The summed E-state index contributed by atoms with van der Waals surface area (Å²) in [6, 6.07) is 12.6. The lowest BCUT2D eigenvalue weighted by molar-refractivity contribution is 0.172. The number of hydrogen-bond donors (Lipinski definition) is 1. The number of rotatable bonds is 7. The van der Waals surface area contributed by atoms with Crippen LogP contribution in [-0.2, 0) is 13.1 Å². The zero-order chi connectivity index (χ0) is 22.2. The van der Waals surface area contributed by atoms with Crippen molar-refractivity contribution >= 4 is 29.9 Å². The quantitative estimate of drug-likeness (QED) is 0.321. The van der Waals surface area contributed by atoms with Gasteiger partial charge in [0.2, 0.25) is 5.75 Å². The normalized spacial score (nSPS) is 14.5. The molecule has 1 fully saturated rings. The van der Waals surface area contributed by atoms with Gasteiger partial charge < -0.3 is 24.4 Å². The van der Waals surface area contributed by atoms with Crippen molar-refractivity contribution in [3.05, 3.63) is 53.1 Å². The SMILES string of the molecule is CN=C(NCc1ccc(C)cc1)N1CCN(Cc2cc(OC)c(OC)c(OC)c2)CC1.I. The van der Waals surface area contributed by atoms with Gasteiger partial charge in [-0.3, -0.25) is 9.89 Å². The van der Waals surface area contributed by atoms with Crippen molar-refractivity contribution in [3.8, 4) is 17.2 Å². The van der Waals surface area contributed by atoms with Gasteiger partial charge in [-0.15, -0.1) is 24.0 Å². The number of halogens is 1. The van der Waals surface area contributed by atoms with Gasteiger partial charge in [-0.1, -0.05) is 29.8 Å². The van der Waals surface area contributed by atoms with Crippen molar-refractivity contribution in [2.24, 2.45) is 4.99 Å². The molecule has 0 atom stereocenters. The summed E-state index contributed by atoms with van der Waals surface area (Å²) in [5.74, 6) is 2.96. The van der Waals surface area contributed by atoms with E-state index in [0.29, 0.717) is 17.2 Å². The highest BCUT2D eigenvalue weighted by Crippen LogP contribution is 2.38. The Balaban J connectivity index is 0.00000363. The van der Waals surface area contributed by atoms with Crippen LogP contribution in [-0.4, -0.2) is 70.3 Å². The summed E-state index contributed by atoms with van der Waals surface area (Å²) >= 11 is 0. The zero-order valence-electron chi connectivity index (χ0n) is 19.7. The molecule has 1 aliphatic heterocycles. The third-order valence-electron chi connectivity index (χ3n) is 5.59. The number of aryl methyl sites for hydroxylation is 1. The molecule has 3 rings (SSSR count). The van der Waals surface area contributed by atoms with Crippen molar-refractivity contribution in [1.82, 2.24) is 15.1 Å². The highest BCUT2D eigenvalue weighted by molar-refractivity contribution is 14.0. The number of hydrogen-bond acceptors (Lipinski definition) is 5. The van der Waals surface area contributed by atoms with Crippen LogP contribution in [0, 0.1) is 6.92 Å². The number of benzene rings is 2. The number of nitrogens with one attached hydrogen (secondary N) is 1. The number of nitrogens with zero attached hydrogens (tertiary/aromatic N) is 3. The maximum Gasteiger partial charge on any atom is 0.203 e. The number of piperazine rings is 1. The second kappa shape index (κ2) is 12.7. The fourth-order valence-corrected chi connectivity index (χ4v) is 3.82. The summed E-state index contributed by atoms with van der Waals surface area (Å²) in [7, 11) is 6.77. The first-order chi connectivity index (χ1) is 15.1. The Hall–Kier alpha value is -2.20. The molecule has 32 heavy (non-hydrogen) atoms. The standard InChI is InChI=1S/C24H34N4O3.HI/c1-18-6-8-19(9-7-18)16-26-24(25-2)28-12-10-27(11-13-28)17-20-14-21(29-3)23(31-5)22(15-20)30-4;/h6-9,14-15H,10-13,16-17H2,1-5H3,(H,25,26);1H. The Bertz CT molecular complexity index is 856. The first-order valence-electron chi connectivity index (χ1n) is 10.6. The summed E-state index contributed by atoms with van der Waals surface area (Å²) in [6.45, 7) is 7.49. The Morgan fingerprint density at radius 1 is 0.906 bits per heavy atom. The molecule has 2 aromatic rings. The predicted octanol–water partition coefficient (Wildman–Crippen LogP) is 3.53. The largest absolute Gasteiger partial charge is 0.493 e. The van der Waals surface area contributed by atoms with Gasteiger partial charge in [0.05, 0.1) is 21.3 Å². The molecular formula is C24H35IN4O3. The van der Waals surface area contributed by atoms with E-state index in [1.807, 2.05) is 19.2 Å². The first-order valence-corrected chi connectivity index (χ1v) is 10.6. The van der Waals surface area contributed by atoms with Crippen molar-refractivity contribution < 1.29 is 14.2 Å². The Labute approximate surface area is 208 Å². The summed E-state index contributed by atoms with van der Waals surface area (Å²) in [4.78, 5) is 9.24. The minimum Gasteiger partial charge on any atom is -0.493 e. The van der Waals surface area contributed by atoms with Crippen molar-refractivity contribution in [3.63, 3.8) is 0 Å². The van der Waals surface area contributed by atoms with E-state index >= 15 is 0 Å². The third-order valence-corrected chi connectivity index (χ3v) is 5.59. The number of aliphatic imine (C=N–C) groups is 1.